The van der Waals surface area contributed by atoms with Crippen molar-refractivity contribution in [1.29, 1.82) is 0 Å². The Hall–Kier alpha value is -1.24. The number of amides is 1. The van der Waals surface area contributed by atoms with E-state index in [-0.39, 0.29) is 31.0 Å². The van der Waals surface area contributed by atoms with Gasteiger partial charge in [0.1, 0.15) is 0 Å². The molecular weight excluding hydrogens is 338 g/mol. The van der Waals surface area contributed by atoms with Crippen LogP contribution < -0.4 is 0 Å². The Labute approximate surface area is 145 Å². The molecule has 0 spiro atoms. The second-order valence-electron chi connectivity index (χ2n) is 6.60. The van der Waals surface area contributed by atoms with Crippen molar-refractivity contribution < 1.29 is 18.3 Å². The van der Waals surface area contributed by atoms with E-state index in [1.165, 1.54) is 7.11 Å². The number of benzene rings is 1. The zero-order valence-electron chi connectivity index (χ0n) is 13.6. The summed E-state index contributed by atoms with van der Waals surface area (Å²) in [4.78, 5) is 15.8. The number of hydrogen-bond acceptors (Lipinski definition) is 3. The van der Waals surface area contributed by atoms with Crippen molar-refractivity contribution in [3.63, 3.8) is 0 Å². The molecule has 2 fully saturated rings. The van der Waals surface area contributed by atoms with Crippen molar-refractivity contribution in [1.82, 2.24) is 9.80 Å². The van der Waals surface area contributed by atoms with Gasteiger partial charge < -0.3 is 9.64 Å². The van der Waals surface area contributed by atoms with Crippen LogP contribution >= 0.6 is 11.6 Å². The molecule has 0 radical (unpaired) electrons. The Morgan fingerprint density at radius 3 is 2.62 bits per heavy atom. The molecule has 2 aliphatic heterocycles. The molecular formula is C17H21ClF2N2O2. The number of likely N-dealkylation sites (tertiary alicyclic amines) is 2. The number of ether oxygens (including phenoxy) is 1. The summed E-state index contributed by atoms with van der Waals surface area (Å²) in [5.41, 5.74) is 0.901. The summed E-state index contributed by atoms with van der Waals surface area (Å²) >= 11 is 5.83. The predicted octanol–water partition coefficient (Wildman–Crippen LogP) is 2.45. The van der Waals surface area contributed by atoms with E-state index in [2.05, 4.69) is 0 Å². The number of carbonyl (C=O) groups excluding carboxylic acids is 1. The number of hydrogen-bond donors (Lipinski definition) is 0. The lowest BCUT2D eigenvalue weighted by Crippen LogP contribution is -2.62. The fraction of sp³-hybridized carbons (Fsp3) is 0.588. The predicted molar refractivity (Wildman–Crippen MR) is 87.5 cm³/mol. The maximum Gasteiger partial charge on any atom is 0.262 e. The van der Waals surface area contributed by atoms with Gasteiger partial charge in [0.05, 0.1) is 19.6 Å². The lowest BCUT2D eigenvalue weighted by Gasteiger charge is -2.45. The number of methoxy groups -OCH3 is 1. The summed E-state index contributed by atoms with van der Waals surface area (Å²) in [6, 6.07) is 6.88. The van der Waals surface area contributed by atoms with Crippen LogP contribution in [0.5, 0.6) is 0 Å². The maximum absolute atomic E-state index is 13.7. The molecule has 0 N–H and O–H groups in total. The van der Waals surface area contributed by atoms with Gasteiger partial charge >= 0.3 is 0 Å². The molecule has 0 aromatic heterocycles. The fourth-order valence-corrected chi connectivity index (χ4v) is 3.58. The van der Waals surface area contributed by atoms with Gasteiger partial charge in [-0.1, -0.05) is 23.7 Å². The van der Waals surface area contributed by atoms with Gasteiger partial charge in [-0.25, -0.2) is 8.78 Å². The molecule has 1 aromatic carbocycles. The van der Waals surface area contributed by atoms with Crippen LogP contribution in [-0.2, 0) is 16.0 Å². The Morgan fingerprint density at radius 1 is 1.33 bits per heavy atom. The first-order chi connectivity index (χ1) is 11.4. The topological polar surface area (TPSA) is 32.8 Å². The highest BCUT2D eigenvalue weighted by molar-refractivity contribution is 6.30. The monoisotopic (exact) mass is 358 g/mol. The van der Waals surface area contributed by atoms with Crippen molar-refractivity contribution in [3.05, 3.63) is 34.9 Å². The molecule has 2 heterocycles. The van der Waals surface area contributed by atoms with E-state index >= 15 is 0 Å². The van der Waals surface area contributed by atoms with Crippen LogP contribution in [0.4, 0.5) is 8.78 Å². The van der Waals surface area contributed by atoms with Crippen molar-refractivity contribution in [2.45, 2.75) is 30.8 Å². The van der Waals surface area contributed by atoms with E-state index in [1.807, 2.05) is 12.1 Å². The molecule has 0 bridgehead atoms. The first-order valence-corrected chi connectivity index (χ1v) is 8.40. The third-order valence-corrected chi connectivity index (χ3v) is 4.98. The molecule has 2 saturated heterocycles. The largest absolute Gasteiger partial charge is 0.383 e. The molecule has 1 atom stereocenters. The number of halogens is 3. The molecule has 132 valence electrons. The summed E-state index contributed by atoms with van der Waals surface area (Å²) < 4.78 is 32.4. The van der Waals surface area contributed by atoms with Crippen molar-refractivity contribution in [3.8, 4) is 0 Å². The SMILES string of the molecule is COC[C@@H]1CC(F)(F)CN1C1CN(C(=O)Cc2ccc(Cl)cc2)C1. The molecule has 3 rings (SSSR count). The number of alkyl halides is 2. The van der Waals surface area contributed by atoms with E-state index in [0.717, 1.165) is 5.56 Å². The number of nitrogens with zero attached hydrogens (tertiary/aromatic N) is 2. The Bertz CT molecular complexity index is 591. The van der Waals surface area contributed by atoms with E-state index in [1.54, 1.807) is 21.9 Å². The van der Waals surface area contributed by atoms with Gasteiger partial charge in [0, 0.05) is 43.7 Å². The van der Waals surface area contributed by atoms with Gasteiger partial charge in [-0.15, -0.1) is 0 Å². The van der Waals surface area contributed by atoms with E-state index in [0.29, 0.717) is 31.1 Å². The minimum absolute atomic E-state index is 0.00677. The highest BCUT2D eigenvalue weighted by atomic mass is 35.5. The Balaban J connectivity index is 1.52. The van der Waals surface area contributed by atoms with Crippen LogP contribution in [0, 0.1) is 0 Å². The minimum atomic E-state index is -2.67. The lowest BCUT2D eigenvalue weighted by molar-refractivity contribution is -0.138. The zero-order chi connectivity index (χ0) is 17.3. The third-order valence-electron chi connectivity index (χ3n) is 4.73. The van der Waals surface area contributed by atoms with Crippen LogP contribution in [0.25, 0.3) is 0 Å². The van der Waals surface area contributed by atoms with Gasteiger partial charge in [-0.2, -0.15) is 0 Å². The van der Waals surface area contributed by atoms with Crippen LogP contribution in [0.15, 0.2) is 24.3 Å². The first-order valence-electron chi connectivity index (χ1n) is 8.03. The molecule has 0 unspecified atom stereocenters. The maximum atomic E-state index is 13.7. The summed E-state index contributed by atoms with van der Waals surface area (Å²) in [6.07, 6.45) is 0.137. The van der Waals surface area contributed by atoms with E-state index in [9.17, 15) is 13.6 Å². The van der Waals surface area contributed by atoms with Crippen molar-refractivity contribution in [2.24, 2.45) is 0 Å². The van der Waals surface area contributed by atoms with Crippen molar-refractivity contribution in [2.75, 3.05) is 33.4 Å². The summed E-state index contributed by atoms with van der Waals surface area (Å²) in [5, 5.41) is 0.634. The molecule has 0 saturated carbocycles. The first kappa shape index (κ1) is 17.6. The van der Waals surface area contributed by atoms with Crippen LogP contribution in [0.1, 0.15) is 12.0 Å². The quantitative estimate of drug-likeness (QED) is 0.810. The highest BCUT2D eigenvalue weighted by Crippen LogP contribution is 2.35. The number of rotatable bonds is 5. The lowest BCUT2D eigenvalue weighted by atomic mass is 10.0. The summed E-state index contributed by atoms with van der Waals surface area (Å²) in [5.74, 6) is -2.65. The standard InChI is InChI=1S/C17H21ClF2N2O2/c1-24-10-14-7-17(19,20)11-22(14)15-8-21(9-15)16(23)6-12-2-4-13(18)5-3-12/h2-5,14-15H,6-11H2,1H3/t14-/m0/s1. The van der Waals surface area contributed by atoms with Crippen LogP contribution in [0.3, 0.4) is 0 Å². The van der Waals surface area contributed by atoms with Gasteiger partial charge in [-0.05, 0) is 17.7 Å². The molecule has 4 nitrogen and oxygen atoms in total. The van der Waals surface area contributed by atoms with Crippen molar-refractivity contribution >= 4 is 17.5 Å². The highest BCUT2D eigenvalue weighted by Gasteiger charge is 2.50. The smallest absolute Gasteiger partial charge is 0.262 e. The molecule has 1 aromatic rings. The van der Waals surface area contributed by atoms with Gasteiger partial charge in [0.2, 0.25) is 5.91 Å². The van der Waals surface area contributed by atoms with Gasteiger partial charge in [0.15, 0.2) is 0 Å². The minimum Gasteiger partial charge on any atom is -0.383 e. The van der Waals surface area contributed by atoms with E-state index < -0.39 is 5.92 Å². The molecule has 7 heteroatoms. The average molecular weight is 359 g/mol. The normalized spacial score (nSPS) is 24.2. The molecule has 24 heavy (non-hydrogen) atoms. The van der Waals surface area contributed by atoms with Crippen LogP contribution in [0.2, 0.25) is 5.02 Å². The average Bonchev–Trinajstić information content (AvgIpc) is 2.75. The second kappa shape index (κ2) is 6.94. The molecule has 1 amide bonds. The number of carbonyl (C=O) groups is 1. The van der Waals surface area contributed by atoms with Gasteiger partial charge in [0.25, 0.3) is 5.92 Å². The summed E-state index contributed by atoms with van der Waals surface area (Å²) in [6.45, 7) is 1.06. The molecule has 0 aliphatic carbocycles. The Kier molecular flexibility index (Phi) is 5.08. The third kappa shape index (κ3) is 3.87. The second-order valence-corrected chi connectivity index (χ2v) is 7.03. The Morgan fingerprint density at radius 2 is 2.00 bits per heavy atom. The fourth-order valence-electron chi connectivity index (χ4n) is 3.45. The van der Waals surface area contributed by atoms with Gasteiger partial charge in [-0.3, -0.25) is 9.69 Å². The van der Waals surface area contributed by atoms with E-state index in [4.69, 9.17) is 16.3 Å². The van der Waals surface area contributed by atoms with Crippen LogP contribution in [-0.4, -0.2) is 67.1 Å². The summed E-state index contributed by atoms with van der Waals surface area (Å²) in [7, 11) is 1.53. The zero-order valence-corrected chi connectivity index (χ0v) is 14.3. The molecule has 2 aliphatic rings.